The van der Waals surface area contributed by atoms with E-state index in [1.54, 1.807) is 12.2 Å². The summed E-state index contributed by atoms with van der Waals surface area (Å²) in [5.41, 5.74) is 9.08. The molecule has 0 aliphatic carbocycles. The number of oxime groups is 1. The maximum atomic E-state index is 13.2. The van der Waals surface area contributed by atoms with Gasteiger partial charge in [0.15, 0.2) is 5.60 Å². The second-order valence-electron chi connectivity index (χ2n) is 10.7. The number of hydrogen-bond donors (Lipinski definition) is 2. The summed E-state index contributed by atoms with van der Waals surface area (Å²) in [5, 5.41) is 7.38. The third kappa shape index (κ3) is 6.49. The maximum Gasteiger partial charge on any atom is 0.247 e. The monoisotopic (exact) mass is 562 g/mol. The van der Waals surface area contributed by atoms with Crippen molar-refractivity contribution in [3.05, 3.63) is 126 Å². The first-order chi connectivity index (χ1) is 20.4. The van der Waals surface area contributed by atoms with Crippen LogP contribution in [0.15, 0.2) is 114 Å². The van der Waals surface area contributed by atoms with Gasteiger partial charge in [0.25, 0.3) is 0 Å². The van der Waals surface area contributed by atoms with Crippen molar-refractivity contribution in [3.63, 3.8) is 0 Å². The zero-order valence-electron chi connectivity index (χ0n) is 23.5. The van der Waals surface area contributed by atoms with Crippen LogP contribution in [-0.2, 0) is 19.2 Å². The van der Waals surface area contributed by atoms with Crippen LogP contribution in [0.4, 0.5) is 5.69 Å². The second-order valence-corrected chi connectivity index (χ2v) is 10.7. The van der Waals surface area contributed by atoms with Crippen LogP contribution in [0.2, 0.25) is 0 Å². The first-order valence-electron chi connectivity index (χ1n) is 14.0. The van der Waals surface area contributed by atoms with Gasteiger partial charge in [-0.2, -0.15) is 0 Å². The molecule has 8 nitrogen and oxygen atoms in total. The summed E-state index contributed by atoms with van der Waals surface area (Å²) in [7, 11) is 0. The lowest BCUT2D eigenvalue weighted by molar-refractivity contribution is -0.133. The fraction of sp³-hybridized carbons (Fsp3) is 0.235. The number of carbonyl (C=O) groups excluding carboxylic acids is 3. The number of rotatable bonds is 9. The van der Waals surface area contributed by atoms with Crippen molar-refractivity contribution in [2.75, 3.05) is 11.9 Å². The Morgan fingerprint density at radius 1 is 1.02 bits per heavy atom. The highest BCUT2D eigenvalue weighted by atomic mass is 16.7. The van der Waals surface area contributed by atoms with E-state index >= 15 is 0 Å². The van der Waals surface area contributed by atoms with Gasteiger partial charge in [0.2, 0.25) is 17.7 Å². The molecule has 0 bridgehead atoms. The van der Waals surface area contributed by atoms with E-state index in [9.17, 15) is 14.4 Å². The van der Waals surface area contributed by atoms with E-state index < -0.39 is 17.6 Å². The van der Waals surface area contributed by atoms with Gasteiger partial charge in [-0.05, 0) is 30.2 Å². The zero-order valence-corrected chi connectivity index (χ0v) is 23.5. The third-order valence-corrected chi connectivity index (χ3v) is 7.67. The van der Waals surface area contributed by atoms with Crippen molar-refractivity contribution in [2.45, 2.75) is 43.7 Å². The van der Waals surface area contributed by atoms with Crippen molar-refractivity contribution >= 4 is 29.1 Å². The molecule has 1 fully saturated rings. The Bertz CT molecular complexity index is 1490. The van der Waals surface area contributed by atoms with Gasteiger partial charge in [0.05, 0.1) is 12.3 Å². The third-order valence-electron chi connectivity index (χ3n) is 7.67. The van der Waals surface area contributed by atoms with E-state index in [-0.39, 0.29) is 37.1 Å². The predicted octanol–water partition coefficient (Wildman–Crippen LogP) is 4.93. The first kappa shape index (κ1) is 28.5. The average molecular weight is 563 g/mol. The number of likely N-dealkylation sites (tertiary alicyclic amines) is 1. The van der Waals surface area contributed by atoms with E-state index in [2.05, 4.69) is 10.5 Å². The molecule has 42 heavy (non-hydrogen) atoms. The number of nitrogens with two attached hydrogens (primary N) is 1. The van der Waals surface area contributed by atoms with Crippen molar-refractivity contribution in [1.29, 1.82) is 0 Å². The molecule has 0 aromatic heterocycles. The fourth-order valence-corrected chi connectivity index (χ4v) is 5.62. The molecule has 1 saturated heterocycles. The SMILES string of the molecule is CC=CC=CC(=O)N1CC2(CC(c3cccc(NC(=O)CC(c4ccccc4)c4ccccc4)c3)=NO2)CC1C(N)=O. The van der Waals surface area contributed by atoms with Crippen molar-refractivity contribution < 1.29 is 19.2 Å². The number of primary amides is 1. The molecule has 0 saturated carbocycles. The quantitative estimate of drug-likeness (QED) is 0.284. The number of nitrogens with one attached hydrogen (secondary N) is 1. The highest BCUT2D eigenvalue weighted by molar-refractivity contribution is 6.03. The van der Waals surface area contributed by atoms with Gasteiger partial charge in [-0.1, -0.05) is 96.2 Å². The van der Waals surface area contributed by atoms with Gasteiger partial charge in [-0.15, -0.1) is 0 Å². The van der Waals surface area contributed by atoms with Crippen LogP contribution in [0, 0.1) is 0 Å². The average Bonchev–Trinajstić information content (AvgIpc) is 3.61. The number of amides is 3. The minimum atomic E-state index is -0.836. The molecule has 0 radical (unpaired) electrons. The zero-order chi connectivity index (χ0) is 29.5. The Kier molecular flexibility index (Phi) is 8.62. The summed E-state index contributed by atoms with van der Waals surface area (Å²) in [5.74, 6) is -1.07. The predicted molar refractivity (Wildman–Crippen MR) is 163 cm³/mol. The normalized spacial score (nSPS) is 19.9. The lowest BCUT2D eigenvalue weighted by Gasteiger charge is -2.21. The molecule has 214 valence electrons. The number of hydrogen-bond acceptors (Lipinski definition) is 5. The lowest BCUT2D eigenvalue weighted by atomic mass is 9.88. The molecular formula is C34H34N4O4. The molecule has 2 unspecified atom stereocenters. The molecule has 8 heteroatoms. The van der Waals surface area contributed by atoms with Crippen LogP contribution in [0.1, 0.15) is 48.8 Å². The Morgan fingerprint density at radius 2 is 1.71 bits per heavy atom. The summed E-state index contributed by atoms with van der Waals surface area (Å²) >= 11 is 0. The molecule has 2 aliphatic heterocycles. The lowest BCUT2D eigenvalue weighted by Crippen LogP contribution is -2.43. The molecule has 5 rings (SSSR count). The number of anilines is 1. The molecular weight excluding hydrogens is 528 g/mol. The van der Waals surface area contributed by atoms with Crippen LogP contribution < -0.4 is 11.1 Å². The van der Waals surface area contributed by atoms with Gasteiger partial charge in [-0.3, -0.25) is 14.4 Å². The van der Waals surface area contributed by atoms with E-state index in [1.807, 2.05) is 97.9 Å². The molecule has 1 spiro atoms. The van der Waals surface area contributed by atoms with E-state index in [0.29, 0.717) is 17.8 Å². The Balaban J connectivity index is 1.27. The van der Waals surface area contributed by atoms with E-state index in [1.165, 1.54) is 11.0 Å². The van der Waals surface area contributed by atoms with Crippen LogP contribution in [-0.4, -0.2) is 46.5 Å². The molecule has 3 aromatic rings. The van der Waals surface area contributed by atoms with Crippen LogP contribution in [0.5, 0.6) is 0 Å². The Labute approximate surface area is 245 Å². The van der Waals surface area contributed by atoms with Crippen LogP contribution in [0.25, 0.3) is 0 Å². The minimum Gasteiger partial charge on any atom is -0.387 e. The Hall–Kier alpha value is -4.98. The number of benzene rings is 3. The summed E-state index contributed by atoms with van der Waals surface area (Å²) in [4.78, 5) is 45.6. The molecule has 2 atom stereocenters. The highest BCUT2D eigenvalue weighted by Crippen LogP contribution is 2.39. The Morgan fingerprint density at radius 3 is 2.36 bits per heavy atom. The van der Waals surface area contributed by atoms with Gasteiger partial charge >= 0.3 is 0 Å². The standard InChI is InChI=1S/C34H34N4O4/c1-2-3-6-18-32(40)38-23-34(22-30(38)33(35)41)21-29(37-42-34)26-16-11-17-27(19-26)36-31(39)20-28(24-12-7-4-8-13-24)25-14-9-5-10-15-25/h2-19,28,30H,20-23H2,1H3,(H2,35,41)(H,36,39). The van der Waals surface area contributed by atoms with Crippen LogP contribution in [0.3, 0.4) is 0 Å². The van der Waals surface area contributed by atoms with Crippen molar-refractivity contribution in [1.82, 2.24) is 4.90 Å². The topological polar surface area (TPSA) is 114 Å². The molecule has 2 aliphatic rings. The second kappa shape index (κ2) is 12.7. The molecule has 2 heterocycles. The fourth-order valence-electron chi connectivity index (χ4n) is 5.62. The van der Waals surface area contributed by atoms with Gasteiger partial charge in [-0.25, -0.2) is 0 Å². The van der Waals surface area contributed by atoms with E-state index in [0.717, 1.165) is 16.7 Å². The minimum absolute atomic E-state index is 0.0814. The van der Waals surface area contributed by atoms with Crippen LogP contribution >= 0.6 is 0 Å². The first-order valence-corrected chi connectivity index (χ1v) is 14.0. The highest BCUT2D eigenvalue weighted by Gasteiger charge is 2.53. The maximum absolute atomic E-state index is 13.2. The number of carbonyl (C=O) groups is 3. The number of nitrogens with zero attached hydrogens (tertiary/aromatic N) is 2. The van der Waals surface area contributed by atoms with Gasteiger partial charge < -0.3 is 20.8 Å². The van der Waals surface area contributed by atoms with Gasteiger partial charge in [0.1, 0.15) is 6.04 Å². The van der Waals surface area contributed by atoms with Gasteiger partial charge in [0, 0.05) is 42.5 Å². The smallest absolute Gasteiger partial charge is 0.247 e. The summed E-state index contributed by atoms with van der Waals surface area (Å²) in [6, 6.07) is 26.7. The molecule has 3 amide bonds. The molecule has 3 N–H and O–H groups in total. The largest absolute Gasteiger partial charge is 0.387 e. The summed E-state index contributed by atoms with van der Waals surface area (Å²) < 4.78 is 0. The molecule has 3 aromatic carbocycles. The van der Waals surface area contributed by atoms with Crippen molar-refractivity contribution in [3.8, 4) is 0 Å². The summed E-state index contributed by atoms with van der Waals surface area (Å²) in [6.07, 6.45) is 7.54. The van der Waals surface area contributed by atoms with Crippen molar-refractivity contribution in [2.24, 2.45) is 10.9 Å². The van der Waals surface area contributed by atoms with E-state index in [4.69, 9.17) is 10.6 Å². The number of allylic oxidation sites excluding steroid dienone is 3. The summed E-state index contributed by atoms with van der Waals surface area (Å²) in [6.45, 7) is 2.05.